The van der Waals surface area contributed by atoms with Gasteiger partial charge in [0.25, 0.3) is 0 Å². The highest BCUT2D eigenvalue weighted by molar-refractivity contribution is 7.97. The first-order valence-corrected chi connectivity index (χ1v) is 5.96. The second-order valence-corrected chi connectivity index (χ2v) is 4.63. The number of hydrogen-bond acceptors (Lipinski definition) is 5. The third-order valence-corrected chi connectivity index (χ3v) is 3.60. The Bertz CT molecular complexity index is 360. The van der Waals surface area contributed by atoms with E-state index in [1.54, 1.807) is 11.9 Å². The predicted octanol–water partition coefficient (Wildman–Crippen LogP) is 0.897. The van der Waals surface area contributed by atoms with Gasteiger partial charge >= 0.3 is 0 Å². The molecule has 0 amide bonds. The molecule has 1 fully saturated rings. The van der Waals surface area contributed by atoms with Gasteiger partial charge in [0.15, 0.2) is 0 Å². The molecule has 5 heteroatoms. The molecule has 1 atom stereocenters. The maximum atomic E-state index is 5.49. The van der Waals surface area contributed by atoms with Crippen molar-refractivity contribution in [1.82, 2.24) is 9.71 Å². The Labute approximate surface area is 93.1 Å². The van der Waals surface area contributed by atoms with Crippen molar-refractivity contribution >= 4 is 17.8 Å². The van der Waals surface area contributed by atoms with E-state index in [0.717, 1.165) is 32.1 Å². The van der Waals surface area contributed by atoms with Gasteiger partial charge in [0.05, 0.1) is 24.2 Å². The van der Waals surface area contributed by atoms with Crippen molar-refractivity contribution in [2.75, 3.05) is 31.2 Å². The Morgan fingerprint density at radius 2 is 2.60 bits per heavy atom. The van der Waals surface area contributed by atoms with E-state index in [2.05, 4.69) is 20.7 Å². The summed E-state index contributed by atoms with van der Waals surface area (Å²) in [5.41, 5.74) is 0. The van der Waals surface area contributed by atoms with E-state index in [-0.39, 0.29) is 0 Å². The number of nitrogens with zero attached hydrogens (tertiary/aromatic N) is 2. The van der Waals surface area contributed by atoms with Gasteiger partial charge in [-0.1, -0.05) is 0 Å². The molecule has 0 radical (unpaired) electrons. The summed E-state index contributed by atoms with van der Waals surface area (Å²) in [5.74, 6) is 1.10. The second kappa shape index (κ2) is 4.00. The largest absolute Gasteiger partial charge is 0.377 e. The van der Waals surface area contributed by atoms with Crippen molar-refractivity contribution in [1.29, 1.82) is 0 Å². The van der Waals surface area contributed by atoms with E-state index >= 15 is 0 Å². The molecular weight excluding hydrogens is 210 g/mol. The Balaban J connectivity index is 1.99. The molecule has 3 rings (SSSR count). The molecule has 1 unspecified atom stereocenters. The first kappa shape index (κ1) is 9.45. The van der Waals surface area contributed by atoms with Crippen LogP contribution in [0.3, 0.4) is 0 Å². The lowest BCUT2D eigenvalue weighted by molar-refractivity contribution is 0.0951. The van der Waals surface area contributed by atoms with Crippen LogP contribution in [-0.4, -0.2) is 37.3 Å². The van der Waals surface area contributed by atoms with Crippen molar-refractivity contribution in [3.63, 3.8) is 0 Å². The minimum absolute atomic E-state index is 0.419. The Kier molecular flexibility index (Phi) is 2.52. The summed E-state index contributed by atoms with van der Waals surface area (Å²) in [7, 11) is 0. The van der Waals surface area contributed by atoms with E-state index in [0.29, 0.717) is 6.04 Å². The summed E-state index contributed by atoms with van der Waals surface area (Å²) >= 11 is 1.67. The number of ether oxygens (including phenoxy) is 1. The number of nitrogens with one attached hydrogen (secondary N) is 1. The topological polar surface area (TPSA) is 37.4 Å². The molecule has 0 spiro atoms. The van der Waals surface area contributed by atoms with Crippen LogP contribution in [0.2, 0.25) is 0 Å². The van der Waals surface area contributed by atoms with Crippen LogP contribution in [0.1, 0.15) is 0 Å². The fourth-order valence-electron chi connectivity index (χ4n) is 2.00. The van der Waals surface area contributed by atoms with Gasteiger partial charge in [0.1, 0.15) is 5.82 Å². The third kappa shape index (κ3) is 1.71. The van der Waals surface area contributed by atoms with E-state index in [1.165, 1.54) is 4.90 Å². The first-order valence-electron chi connectivity index (χ1n) is 5.14. The second-order valence-electron chi connectivity index (χ2n) is 3.70. The number of rotatable bonds is 0. The lowest BCUT2D eigenvalue weighted by atomic mass is 10.2. The summed E-state index contributed by atoms with van der Waals surface area (Å²) in [6.45, 7) is 3.48. The Hall–Kier alpha value is -0.780. The molecule has 4 nitrogen and oxygen atoms in total. The van der Waals surface area contributed by atoms with Crippen LogP contribution in [0, 0.1) is 0 Å². The van der Waals surface area contributed by atoms with Crippen molar-refractivity contribution < 1.29 is 4.74 Å². The Morgan fingerprint density at radius 1 is 1.60 bits per heavy atom. The highest BCUT2D eigenvalue weighted by Gasteiger charge is 2.28. The minimum atomic E-state index is 0.419. The van der Waals surface area contributed by atoms with E-state index in [1.807, 2.05) is 12.3 Å². The van der Waals surface area contributed by atoms with Gasteiger partial charge in [-0.2, -0.15) is 0 Å². The quantitative estimate of drug-likeness (QED) is 0.661. The van der Waals surface area contributed by atoms with Gasteiger partial charge in [-0.3, -0.25) is 4.72 Å². The summed E-state index contributed by atoms with van der Waals surface area (Å²) in [4.78, 5) is 8.04. The van der Waals surface area contributed by atoms with Crippen LogP contribution in [0.15, 0.2) is 23.2 Å². The maximum absolute atomic E-state index is 5.49. The van der Waals surface area contributed by atoms with Crippen LogP contribution < -0.4 is 9.62 Å². The smallest absolute Gasteiger partial charge is 0.144 e. The molecule has 0 bridgehead atoms. The molecule has 0 aromatic carbocycles. The zero-order valence-corrected chi connectivity index (χ0v) is 9.17. The molecule has 0 aliphatic carbocycles. The molecule has 80 valence electrons. The first-order chi connectivity index (χ1) is 7.45. The summed E-state index contributed by atoms with van der Waals surface area (Å²) < 4.78 is 8.85. The van der Waals surface area contributed by atoms with Crippen LogP contribution in [0.5, 0.6) is 0 Å². The number of fused-ring (bicyclic) bond motifs is 3. The van der Waals surface area contributed by atoms with Gasteiger partial charge in [-0.05, 0) is 24.1 Å². The summed E-state index contributed by atoms with van der Waals surface area (Å²) in [6.07, 6.45) is 1.86. The molecule has 3 heterocycles. The number of hydrogen-bond donors (Lipinski definition) is 1. The summed E-state index contributed by atoms with van der Waals surface area (Å²) in [5, 5.41) is 0. The normalized spacial score (nSPS) is 25.3. The van der Waals surface area contributed by atoms with Crippen LogP contribution in [0.4, 0.5) is 5.82 Å². The molecule has 1 aromatic heterocycles. The number of anilines is 1. The zero-order chi connectivity index (χ0) is 10.1. The van der Waals surface area contributed by atoms with Crippen molar-refractivity contribution in [2.24, 2.45) is 0 Å². The SMILES string of the molecule is c1cnc2c(c1)SNCC1COCCN21. The van der Waals surface area contributed by atoms with Gasteiger partial charge in [0, 0.05) is 19.3 Å². The predicted molar refractivity (Wildman–Crippen MR) is 60.0 cm³/mol. The molecule has 1 aromatic rings. The lowest BCUT2D eigenvalue weighted by Gasteiger charge is -2.35. The van der Waals surface area contributed by atoms with Gasteiger partial charge < -0.3 is 9.64 Å². The zero-order valence-electron chi connectivity index (χ0n) is 8.35. The van der Waals surface area contributed by atoms with Crippen LogP contribution in [0.25, 0.3) is 0 Å². The molecule has 0 saturated carbocycles. The third-order valence-electron chi connectivity index (χ3n) is 2.75. The monoisotopic (exact) mass is 223 g/mol. The van der Waals surface area contributed by atoms with Gasteiger partial charge in [0.2, 0.25) is 0 Å². The van der Waals surface area contributed by atoms with E-state index < -0.39 is 0 Å². The fourth-order valence-corrected chi connectivity index (χ4v) is 2.84. The highest BCUT2D eigenvalue weighted by atomic mass is 32.2. The number of aromatic nitrogens is 1. The molecule has 15 heavy (non-hydrogen) atoms. The molecule has 2 aliphatic heterocycles. The standard InChI is InChI=1S/C10H13N3OS/c1-2-9-10(11-3-1)13-4-5-14-7-8(13)6-12-15-9/h1-3,8,12H,4-7H2. The average Bonchev–Trinajstić information content (AvgIpc) is 2.48. The van der Waals surface area contributed by atoms with E-state index in [4.69, 9.17) is 4.74 Å². The maximum Gasteiger partial charge on any atom is 0.144 e. The highest BCUT2D eigenvalue weighted by Crippen LogP contribution is 2.30. The fraction of sp³-hybridized carbons (Fsp3) is 0.500. The summed E-state index contributed by atoms with van der Waals surface area (Å²) in [6, 6.07) is 4.51. The lowest BCUT2D eigenvalue weighted by Crippen LogP contribution is -2.49. The van der Waals surface area contributed by atoms with Crippen molar-refractivity contribution in [3.8, 4) is 0 Å². The van der Waals surface area contributed by atoms with Crippen LogP contribution >= 0.6 is 11.9 Å². The molecule has 1 N–H and O–H groups in total. The van der Waals surface area contributed by atoms with Crippen molar-refractivity contribution in [3.05, 3.63) is 18.3 Å². The van der Waals surface area contributed by atoms with Crippen LogP contribution in [-0.2, 0) is 4.74 Å². The minimum Gasteiger partial charge on any atom is -0.377 e. The van der Waals surface area contributed by atoms with Gasteiger partial charge in [-0.15, -0.1) is 0 Å². The average molecular weight is 223 g/mol. The number of morpholine rings is 1. The molecular formula is C10H13N3OS. The van der Waals surface area contributed by atoms with Gasteiger partial charge in [-0.25, -0.2) is 4.98 Å². The van der Waals surface area contributed by atoms with E-state index in [9.17, 15) is 0 Å². The van der Waals surface area contributed by atoms with Crippen molar-refractivity contribution in [2.45, 2.75) is 10.9 Å². The Morgan fingerprint density at radius 3 is 3.60 bits per heavy atom. The number of pyridine rings is 1. The molecule has 1 saturated heterocycles. The molecule has 2 aliphatic rings.